The van der Waals surface area contributed by atoms with Crippen LogP contribution in [-0.2, 0) is 6.42 Å². The lowest BCUT2D eigenvalue weighted by Gasteiger charge is -2.38. The van der Waals surface area contributed by atoms with Crippen LogP contribution in [-0.4, -0.2) is 28.1 Å². The third-order valence-electron chi connectivity index (χ3n) is 7.68. The number of aliphatic hydroxyl groups excluding tert-OH is 1. The van der Waals surface area contributed by atoms with Crippen molar-refractivity contribution in [2.75, 3.05) is 6.54 Å². The lowest BCUT2D eigenvalue weighted by molar-refractivity contribution is 0.0547. The van der Waals surface area contributed by atoms with E-state index >= 15 is 0 Å². The van der Waals surface area contributed by atoms with E-state index in [1.807, 2.05) is 85.5 Å². The summed E-state index contributed by atoms with van der Waals surface area (Å²) < 4.78 is 12.2. The fraction of sp³-hybridized carbons (Fsp3) is 0.206. The zero-order valence-electron chi connectivity index (χ0n) is 22.1. The molecule has 196 valence electrons. The lowest BCUT2D eigenvalue weighted by atomic mass is 9.87. The highest BCUT2D eigenvalue weighted by atomic mass is 16.5. The first kappa shape index (κ1) is 24.8. The highest BCUT2D eigenvalue weighted by Gasteiger charge is 2.38. The topological polar surface area (TPSA) is 59.0 Å². The van der Waals surface area contributed by atoms with Gasteiger partial charge in [-0.05, 0) is 85.0 Å². The van der Waals surface area contributed by atoms with Crippen LogP contribution in [0.3, 0.4) is 0 Å². The molecule has 2 atom stereocenters. The number of hydrogen-bond donors (Lipinski definition) is 1. The van der Waals surface area contributed by atoms with Crippen LogP contribution in [0, 0.1) is 6.92 Å². The molecular formula is C34H31NO4. The maximum absolute atomic E-state index is 13.9. The standard InChI is InChI=1S/C34H31NO4/c1-23-21-28(15-16-30(23)39-34(2)19-17-31(34)36)38-27-13-8-12-26(22-27)33(37)35-20-18-24-9-6-7-14-29(24)32(35)25-10-4-3-5-11-25/h3-17,21-22,32,36H,18-20H2,1-2H3. The molecule has 0 radical (unpaired) electrons. The zero-order chi connectivity index (χ0) is 27.0. The van der Waals surface area contributed by atoms with Gasteiger partial charge in [0.25, 0.3) is 5.91 Å². The SMILES string of the molecule is Cc1cc(Oc2cccc(C(=O)N3CCc4ccccc4C3c3ccccc3)c2)ccc1OC1(C)CC=C1O. The summed E-state index contributed by atoms with van der Waals surface area (Å²) in [5.41, 5.74) is 4.38. The van der Waals surface area contributed by atoms with Crippen molar-refractivity contribution in [3.8, 4) is 17.2 Å². The largest absolute Gasteiger partial charge is 0.508 e. The van der Waals surface area contributed by atoms with Crippen molar-refractivity contribution in [3.63, 3.8) is 0 Å². The Morgan fingerprint density at radius 1 is 0.923 bits per heavy atom. The van der Waals surface area contributed by atoms with Crippen LogP contribution < -0.4 is 9.47 Å². The number of carbonyl (C=O) groups excluding carboxylic acids is 1. The first-order valence-electron chi connectivity index (χ1n) is 13.3. The number of aliphatic hydroxyl groups is 1. The summed E-state index contributed by atoms with van der Waals surface area (Å²) in [5, 5.41) is 9.94. The first-order chi connectivity index (χ1) is 18.9. The molecule has 2 unspecified atom stereocenters. The van der Waals surface area contributed by atoms with Crippen molar-refractivity contribution in [2.45, 2.75) is 38.3 Å². The average Bonchev–Trinajstić information content (AvgIpc) is 2.97. The molecule has 6 rings (SSSR count). The van der Waals surface area contributed by atoms with Crippen molar-refractivity contribution in [1.29, 1.82) is 0 Å². The van der Waals surface area contributed by atoms with Gasteiger partial charge in [-0.1, -0.05) is 60.7 Å². The number of aryl methyl sites for hydroxylation is 1. The Morgan fingerprint density at radius 3 is 2.44 bits per heavy atom. The predicted molar refractivity (Wildman–Crippen MR) is 152 cm³/mol. The van der Waals surface area contributed by atoms with Crippen molar-refractivity contribution >= 4 is 5.91 Å². The molecule has 39 heavy (non-hydrogen) atoms. The number of benzene rings is 4. The zero-order valence-corrected chi connectivity index (χ0v) is 22.1. The monoisotopic (exact) mass is 517 g/mol. The Kier molecular flexibility index (Phi) is 6.35. The van der Waals surface area contributed by atoms with E-state index in [-0.39, 0.29) is 17.7 Å². The summed E-state index contributed by atoms with van der Waals surface area (Å²) in [6.45, 7) is 4.46. The van der Waals surface area contributed by atoms with Gasteiger partial charge < -0.3 is 19.5 Å². The number of amides is 1. The molecule has 1 N–H and O–H groups in total. The summed E-state index contributed by atoms with van der Waals surface area (Å²) in [6.07, 6.45) is 3.25. The third kappa shape index (κ3) is 4.76. The van der Waals surface area contributed by atoms with Gasteiger partial charge in [0.15, 0.2) is 5.60 Å². The minimum atomic E-state index is -0.672. The highest BCUT2D eigenvalue weighted by molar-refractivity contribution is 5.95. The van der Waals surface area contributed by atoms with Gasteiger partial charge in [-0.2, -0.15) is 0 Å². The first-order valence-corrected chi connectivity index (χ1v) is 13.3. The smallest absolute Gasteiger partial charge is 0.254 e. The molecule has 5 nitrogen and oxygen atoms in total. The second-order valence-corrected chi connectivity index (χ2v) is 10.4. The summed E-state index contributed by atoms with van der Waals surface area (Å²) in [5.74, 6) is 2.18. The van der Waals surface area contributed by atoms with Crippen LogP contribution in [0.5, 0.6) is 17.2 Å². The van der Waals surface area contributed by atoms with Gasteiger partial charge in [0, 0.05) is 18.5 Å². The Balaban J connectivity index is 1.24. The van der Waals surface area contributed by atoms with Gasteiger partial charge in [-0.15, -0.1) is 0 Å². The van der Waals surface area contributed by atoms with E-state index in [2.05, 4.69) is 30.3 Å². The van der Waals surface area contributed by atoms with Crippen molar-refractivity contribution in [3.05, 3.63) is 137 Å². The average molecular weight is 518 g/mol. The molecule has 4 aromatic rings. The molecule has 1 aliphatic carbocycles. The van der Waals surface area contributed by atoms with Crippen LogP contribution in [0.25, 0.3) is 0 Å². The van der Waals surface area contributed by atoms with Gasteiger partial charge in [0.1, 0.15) is 23.0 Å². The van der Waals surface area contributed by atoms with Crippen LogP contribution in [0.2, 0.25) is 0 Å². The number of nitrogens with zero attached hydrogens (tertiary/aromatic N) is 1. The molecule has 4 aromatic carbocycles. The third-order valence-corrected chi connectivity index (χ3v) is 7.68. The van der Waals surface area contributed by atoms with E-state index < -0.39 is 5.60 Å². The van der Waals surface area contributed by atoms with E-state index in [0.717, 1.165) is 17.5 Å². The minimum Gasteiger partial charge on any atom is -0.508 e. The highest BCUT2D eigenvalue weighted by Crippen LogP contribution is 2.38. The Hall–Kier alpha value is -4.51. The van der Waals surface area contributed by atoms with E-state index in [1.54, 1.807) is 6.08 Å². The van der Waals surface area contributed by atoms with Crippen LogP contribution in [0.4, 0.5) is 0 Å². The lowest BCUT2D eigenvalue weighted by Crippen LogP contribution is -2.40. The van der Waals surface area contributed by atoms with Gasteiger partial charge in [-0.25, -0.2) is 0 Å². The van der Waals surface area contributed by atoms with Crippen molar-refractivity contribution < 1.29 is 19.4 Å². The second-order valence-electron chi connectivity index (χ2n) is 10.4. The van der Waals surface area contributed by atoms with Crippen molar-refractivity contribution in [1.82, 2.24) is 4.90 Å². The number of hydrogen-bond acceptors (Lipinski definition) is 4. The Bertz CT molecular complexity index is 1560. The van der Waals surface area contributed by atoms with Crippen molar-refractivity contribution in [2.24, 2.45) is 0 Å². The summed E-state index contributed by atoms with van der Waals surface area (Å²) in [4.78, 5) is 15.9. The summed E-state index contributed by atoms with van der Waals surface area (Å²) >= 11 is 0. The molecule has 5 heteroatoms. The molecule has 0 saturated carbocycles. The van der Waals surface area contributed by atoms with Crippen LogP contribution in [0.1, 0.15) is 52.0 Å². The molecule has 1 amide bonds. The molecule has 2 aliphatic rings. The fourth-order valence-corrected chi connectivity index (χ4v) is 5.39. The molecule has 0 fully saturated rings. The van der Waals surface area contributed by atoms with Gasteiger partial charge >= 0.3 is 0 Å². The van der Waals surface area contributed by atoms with Crippen LogP contribution >= 0.6 is 0 Å². The molecular weight excluding hydrogens is 486 g/mol. The fourth-order valence-electron chi connectivity index (χ4n) is 5.39. The number of carbonyl (C=O) groups is 1. The predicted octanol–water partition coefficient (Wildman–Crippen LogP) is 7.56. The second kappa shape index (κ2) is 9.99. The maximum atomic E-state index is 13.9. The van der Waals surface area contributed by atoms with Gasteiger partial charge in [-0.3, -0.25) is 4.79 Å². The number of fused-ring (bicyclic) bond motifs is 1. The number of rotatable bonds is 6. The quantitative estimate of drug-likeness (QED) is 0.287. The Labute approximate surface area is 228 Å². The molecule has 0 bridgehead atoms. The Morgan fingerprint density at radius 2 is 1.69 bits per heavy atom. The minimum absolute atomic E-state index is 0.0228. The van der Waals surface area contributed by atoms with E-state index in [1.165, 1.54) is 11.1 Å². The van der Waals surface area contributed by atoms with Gasteiger partial charge in [0.2, 0.25) is 0 Å². The maximum Gasteiger partial charge on any atom is 0.254 e. The van der Waals surface area contributed by atoms with E-state index in [4.69, 9.17) is 9.47 Å². The molecule has 0 saturated heterocycles. The molecule has 0 spiro atoms. The van der Waals surface area contributed by atoms with Crippen LogP contribution in [0.15, 0.2) is 109 Å². The number of ether oxygens (including phenoxy) is 2. The molecule has 1 aliphatic heterocycles. The normalized spacial score (nSPS) is 19.9. The van der Waals surface area contributed by atoms with E-state index in [0.29, 0.717) is 35.8 Å². The molecule has 0 aromatic heterocycles. The van der Waals surface area contributed by atoms with Gasteiger partial charge in [0.05, 0.1) is 6.04 Å². The summed E-state index contributed by atoms with van der Waals surface area (Å²) in [7, 11) is 0. The van der Waals surface area contributed by atoms with E-state index in [9.17, 15) is 9.90 Å². The summed E-state index contributed by atoms with van der Waals surface area (Å²) in [6, 6.07) is 31.4. The molecule has 1 heterocycles.